The van der Waals surface area contributed by atoms with Gasteiger partial charge in [0.15, 0.2) is 0 Å². The maximum atomic E-state index is 8.63. The average molecular weight is 285 g/mol. The lowest BCUT2D eigenvalue weighted by atomic mass is 10.3. The van der Waals surface area contributed by atoms with Crippen LogP contribution in [0.3, 0.4) is 0 Å². The molecule has 2 aromatic carbocycles. The second-order valence-electron chi connectivity index (χ2n) is 3.36. The average Bonchev–Trinajstić information content (AvgIpc) is 2.41. The third-order valence-electron chi connectivity index (χ3n) is 1.70. The fourth-order valence-corrected chi connectivity index (χ4v) is 0.856. The predicted molar refractivity (Wildman–Crippen MR) is 80.8 cm³/mol. The first-order valence-electron chi connectivity index (χ1n) is 5.74. The van der Waals surface area contributed by atoms with Crippen molar-refractivity contribution in [1.29, 1.82) is 0 Å². The van der Waals surface area contributed by atoms with Crippen LogP contribution in [0.4, 0.5) is 0 Å². The van der Waals surface area contributed by atoms with E-state index in [1.54, 1.807) is 48.5 Å². The summed E-state index contributed by atoms with van der Waals surface area (Å²) in [5, 5.41) is 17.3. The van der Waals surface area contributed by atoms with Gasteiger partial charge in [-0.25, -0.2) is 0 Å². The number of aromatic hydroxyl groups is 2. The zero-order valence-electron chi connectivity index (χ0n) is 11.0. The Morgan fingerprint density at radius 3 is 1.16 bits per heavy atom. The van der Waals surface area contributed by atoms with Crippen LogP contribution >= 0.6 is 11.6 Å². The van der Waals surface area contributed by atoms with Gasteiger partial charge in [0, 0.05) is 5.88 Å². The molecule has 0 aliphatic rings. The quantitative estimate of drug-likeness (QED) is 0.786. The number of benzene rings is 2. The van der Waals surface area contributed by atoms with E-state index in [1.807, 2.05) is 19.1 Å². The monoisotopic (exact) mass is 284 g/mol. The minimum atomic E-state index is 0. The highest BCUT2D eigenvalue weighted by Crippen LogP contribution is 2.03. The third-order valence-corrected chi connectivity index (χ3v) is 2.08. The molecule has 0 saturated heterocycles. The number of halogens is 1. The van der Waals surface area contributed by atoms with Crippen molar-refractivity contribution >= 4 is 11.6 Å². The lowest BCUT2D eigenvalue weighted by Crippen LogP contribution is -1.56. The van der Waals surface area contributed by atoms with Crippen LogP contribution in [-0.2, 0) is 0 Å². The Morgan fingerprint density at radius 1 is 0.789 bits per heavy atom. The number of rotatable bonds is 1. The van der Waals surface area contributed by atoms with E-state index < -0.39 is 0 Å². The zero-order valence-corrected chi connectivity index (χ0v) is 11.7. The second kappa shape index (κ2) is 14.4. The van der Waals surface area contributed by atoms with Gasteiger partial charge in [0.05, 0.1) is 0 Å². The molecule has 0 atom stereocenters. The fourth-order valence-electron chi connectivity index (χ4n) is 0.856. The third kappa shape index (κ3) is 14.2. The highest BCUT2D eigenvalue weighted by atomic mass is 35.5. The maximum absolute atomic E-state index is 8.63. The molecule has 0 bridgehead atoms. The summed E-state index contributed by atoms with van der Waals surface area (Å²) in [4.78, 5) is 0. The Bertz CT molecular complexity index is 340. The van der Waals surface area contributed by atoms with Crippen molar-refractivity contribution in [3.8, 4) is 11.5 Å². The fraction of sp³-hybridized carbons (Fsp3) is 0.200. The molecule has 0 unspecified atom stereocenters. The van der Waals surface area contributed by atoms with Crippen LogP contribution in [0, 0.1) is 0 Å². The number of hydrogen-bond donors (Lipinski definition) is 2. The number of hydrogen-bond acceptors (Lipinski definition) is 2. The van der Waals surface area contributed by atoms with Gasteiger partial charge in [0.1, 0.15) is 11.5 Å². The molecule has 19 heavy (non-hydrogen) atoms. The molecule has 4 heteroatoms. The normalized spacial score (nSPS) is 7.89. The van der Waals surface area contributed by atoms with Gasteiger partial charge >= 0.3 is 0 Å². The SMILES string of the molecule is CCCCl.O.Oc1ccccc1.Oc1ccccc1. The van der Waals surface area contributed by atoms with Crippen molar-refractivity contribution in [2.45, 2.75) is 13.3 Å². The smallest absolute Gasteiger partial charge is 0.115 e. The molecule has 0 aliphatic carbocycles. The Hall–Kier alpha value is -1.71. The van der Waals surface area contributed by atoms with Gasteiger partial charge in [0.25, 0.3) is 0 Å². The molecule has 4 N–H and O–H groups in total. The number of alkyl halides is 1. The molecule has 2 aromatic rings. The van der Waals surface area contributed by atoms with E-state index in [-0.39, 0.29) is 5.48 Å². The standard InChI is InChI=1S/2C6H6O.C3H7Cl.H2O/c2*7-6-4-2-1-3-5-6;1-2-3-4;/h2*1-5,7H;2-3H2,1H3;1H2. The molecule has 106 valence electrons. The summed E-state index contributed by atoms with van der Waals surface area (Å²) in [7, 11) is 0. The second-order valence-corrected chi connectivity index (χ2v) is 3.74. The summed E-state index contributed by atoms with van der Waals surface area (Å²) in [5.41, 5.74) is 0. The molecule has 2 rings (SSSR count). The Morgan fingerprint density at radius 2 is 1.05 bits per heavy atom. The minimum Gasteiger partial charge on any atom is -0.508 e. The summed E-state index contributed by atoms with van der Waals surface area (Å²) in [5.74, 6) is 1.44. The molecule has 0 heterocycles. The van der Waals surface area contributed by atoms with Gasteiger partial charge in [-0.15, -0.1) is 11.6 Å². The van der Waals surface area contributed by atoms with Gasteiger partial charge in [-0.1, -0.05) is 43.3 Å². The van der Waals surface area contributed by atoms with Crippen molar-refractivity contribution in [2.24, 2.45) is 0 Å². The first-order valence-corrected chi connectivity index (χ1v) is 6.28. The van der Waals surface area contributed by atoms with E-state index in [4.69, 9.17) is 21.8 Å². The highest BCUT2D eigenvalue weighted by Gasteiger charge is 1.75. The largest absolute Gasteiger partial charge is 0.508 e. The molecule has 0 spiro atoms. The van der Waals surface area contributed by atoms with Crippen LogP contribution in [0.15, 0.2) is 60.7 Å². The predicted octanol–water partition coefficient (Wildman–Crippen LogP) is 3.59. The lowest BCUT2D eigenvalue weighted by Gasteiger charge is -1.82. The van der Waals surface area contributed by atoms with Crippen molar-refractivity contribution in [1.82, 2.24) is 0 Å². The molecule has 0 aliphatic heterocycles. The summed E-state index contributed by atoms with van der Waals surface area (Å²) < 4.78 is 0. The Labute approximate surface area is 119 Å². The summed E-state index contributed by atoms with van der Waals surface area (Å²) in [6, 6.07) is 17.4. The van der Waals surface area contributed by atoms with E-state index in [1.165, 1.54) is 0 Å². The van der Waals surface area contributed by atoms with Gasteiger partial charge in [-0.05, 0) is 30.7 Å². The molecule has 0 radical (unpaired) electrons. The van der Waals surface area contributed by atoms with E-state index in [9.17, 15) is 0 Å². The number of para-hydroxylation sites is 2. The maximum Gasteiger partial charge on any atom is 0.115 e. The topological polar surface area (TPSA) is 72.0 Å². The van der Waals surface area contributed by atoms with Crippen molar-refractivity contribution in [3.05, 3.63) is 60.7 Å². The first kappa shape index (κ1) is 19.6. The van der Waals surface area contributed by atoms with Crippen LogP contribution in [-0.4, -0.2) is 21.6 Å². The molecule has 0 saturated carbocycles. The van der Waals surface area contributed by atoms with Crippen LogP contribution in [0.5, 0.6) is 11.5 Å². The highest BCUT2D eigenvalue weighted by molar-refractivity contribution is 6.17. The van der Waals surface area contributed by atoms with Crippen molar-refractivity contribution in [3.63, 3.8) is 0 Å². The lowest BCUT2D eigenvalue weighted by molar-refractivity contribution is 0.475. The zero-order chi connectivity index (χ0) is 13.6. The van der Waals surface area contributed by atoms with E-state index in [2.05, 4.69) is 0 Å². The van der Waals surface area contributed by atoms with Gasteiger partial charge in [0.2, 0.25) is 0 Å². The first-order chi connectivity index (χ1) is 8.70. The molecule has 0 aromatic heterocycles. The van der Waals surface area contributed by atoms with Crippen molar-refractivity contribution < 1.29 is 15.7 Å². The molecule has 0 fully saturated rings. The number of phenols is 2. The Balaban J connectivity index is 0. The Kier molecular flexibility index (Phi) is 14.8. The molecule has 3 nitrogen and oxygen atoms in total. The summed E-state index contributed by atoms with van der Waals surface area (Å²) in [6.07, 6.45) is 1.08. The van der Waals surface area contributed by atoms with Gasteiger partial charge < -0.3 is 15.7 Å². The van der Waals surface area contributed by atoms with Crippen LogP contribution in [0.25, 0.3) is 0 Å². The van der Waals surface area contributed by atoms with E-state index in [0.717, 1.165) is 12.3 Å². The van der Waals surface area contributed by atoms with E-state index >= 15 is 0 Å². The number of phenolic OH excluding ortho intramolecular Hbond substituents is 2. The van der Waals surface area contributed by atoms with Crippen LogP contribution in [0.1, 0.15) is 13.3 Å². The summed E-state index contributed by atoms with van der Waals surface area (Å²) in [6.45, 7) is 2.05. The molecular weight excluding hydrogens is 264 g/mol. The van der Waals surface area contributed by atoms with Crippen molar-refractivity contribution in [2.75, 3.05) is 5.88 Å². The van der Waals surface area contributed by atoms with E-state index in [0.29, 0.717) is 11.5 Å². The molecular formula is C15H21ClO3. The molecule has 0 amide bonds. The van der Waals surface area contributed by atoms with Gasteiger partial charge in [-0.3, -0.25) is 0 Å². The van der Waals surface area contributed by atoms with Crippen LogP contribution < -0.4 is 0 Å². The van der Waals surface area contributed by atoms with Gasteiger partial charge in [-0.2, -0.15) is 0 Å². The summed E-state index contributed by atoms with van der Waals surface area (Å²) >= 11 is 5.19. The van der Waals surface area contributed by atoms with Crippen LogP contribution in [0.2, 0.25) is 0 Å². The minimum absolute atomic E-state index is 0.